The Kier molecular flexibility index (Phi) is 10.0. The number of aromatic nitrogens is 4. The summed E-state index contributed by atoms with van der Waals surface area (Å²) < 4.78 is 34.2. The molecule has 3 aliphatic rings. The zero-order valence-corrected chi connectivity index (χ0v) is 31.5. The summed E-state index contributed by atoms with van der Waals surface area (Å²) in [5.41, 5.74) is 5.32. The first kappa shape index (κ1) is 34.6. The van der Waals surface area contributed by atoms with Crippen LogP contribution in [0, 0.1) is 0 Å². The third-order valence-electron chi connectivity index (χ3n) is 9.95. The van der Waals surface area contributed by atoms with Gasteiger partial charge in [0.2, 0.25) is 16.0 Å². The molecule has 2 aliphatic heterocycles. The molecular weight excluding hydrogens is 720 g/mol. The van der Waals surface area contributed by atoms with Crippen LogP contribution in [0.5, 0.6) is 5.75 Å². The largest absolute Gasteiger partial charge is 0.494 e. The molecule has 3 fully saturated rings. The third kappa shape index (κ3) is 7.32. The molecule has 1 aliphatic carbocycles. The lowest BCUT2D eigenvalue weighted by Gasteiger charge is -2.43. The van der Waals surface area contributed by atoms with Crippen LogP contribution in [0.15, 0.2) is 47.3 Å². The maximum atomic E-state index is 13.1. The normalized spacial score (nSPS) is 18.0. The number of ether oxygens (including phenoxy) is 1. The maximum Gasteiger partial charge on any atom is 0.232 e. The van der Waals surface area contributed by atoms with Crippen LogP contribution in [0.25, 0.3) is 11.0 Å². The van der Waals surface area contributed by atoms with Crippen LogP contribution in [0.1, 0.15) is 38.2 Å². The molecule has 7 rings (SSSR count). The summed E-state index contributed by atoms with van der Waals surface area (Å²) in [6.07, 6.45) is 10.8. The zero-order chi connectivity index (χ0) is 35.0. The molecule has 0 unspecified atom stereocenters. The summed E-state index contributed by atoms with van der Waals surface area (Å²) >= 11 is 3.59. The van der Waals surface area contributed by atoms with E-state index < -0.39 is 10.0 Å². The van der Waals surface area contributed by atoms with E-state index >= 15 is 0 Å². The summed E-state index contributed by atoms with van der Waals surface area (Å²) in [6, 6.07) is 8.43. The summed E-state index contributed by atoms with van der Waals surface area (Å²) in [5, 5.41) is 6.76. The van der Waals surface area contributed by atoms with Crippen LogP contribution in [0.4, 0.5) is 34.5 Å². The summed E-state index contributed by atoms with van der Waals surface area (Å²) in [5.74, 6) is 1.54. The van der Waals surface area contributed by atoms with E-state index in [9.17, 15) is 8.42 Å². The number of hydrogen-bond donors (Lipinski definition) is 2. The molecular formula is C35H45BrN10O3S. The number of halogens is 1. The van der Waals surface area contributed by atoms with Crippen molar-refractivity contribution in [3.05, 3.63) is 52.9 Å². The van der Waals surface area contributed by atoms with Crippen LogP contribution in [-0.2, 0) is 16.4 Å². The first-order chi connectivity index (χ1) is 24.1. The van der Waals surface area contributed by atoms with Crippen molar-refractivity contribution in [3.63, 3.8) is 0 Å². The van der Waals surface area contributed by atoms with Gasteiger partial charge in [-0.3, -0.25) is 19.2 Å². The van der Waals surface area contributed by atoms with Crippen LogP contribution in [-0.4, -0.2) is 110 Å². The van der Waals surface area contributed by atoms with E-state index in [2.05, 4.69) is 82.3 Å². The topological polar surface area (TPSA) is 132 Å². The van der Waals surface area contributed by atoms with Gasteiger partial charge in [0.25, 0.3) is 0 Å². The number of fused-ring (bicyclic) bond motifs is 1. The van der Waals surface area contributed by atoms with Crippen molar-refractivity contribution in [2.24, 2.45) is 0 Å². The predicted octanol–water partition coefficient (Wildman–Crippen LogP) is 5.39. The Morgan fingerprint density at radius 3 is 2.38 bits per heavy atom. The fourth-order valence-electron chi connectivity index (χ4n) is 7.15. The highest BCUT2D eigenvalue weighted by atomic mass is 79.9. The molecule has 4 heterocycles. The molecule has 2 aromatic heterocycles. The first-order valence-corrected chi connectivity index (χ1v) is 19.9. The Morgan fingerprint density at radius 1 is 0.960 bits per heavy atom. The van der Waals surface area contributed by atoms with Gasteiger partial charge in [0, 0.05) is 81.7 Å². The molecule has 15 heteroatoms. The van der Waals surface area contributed by atoms with E-state index in [0.29, 0.717) is 50.4 Å². The lowest BCUT2D eigenvalue weighted by Crippen LogP contribution is -2.52. The Hall–Kier alpha value is -3.79. The molecule has 2 saturated heterocycles. The smallest absolute Gasteiger partial charge is 0.232 e. The molecule has 50 heavy (non-hydrogen) atoms. The molecule has 4 aromatic rings. The standard InChI is InChI=1S/C35H45BrN10O3S/c1-5-23-20-29(31(49-3)21-30(23)45-14-10-24(11-15-45)44-18-16-43(2)17-19-44)41-35-39-22-26(36)34(42-35)40-28-9-8-27-32(38-13-12-37-27)33(28)46(25-6-7-25)50(4,47)48/h8-9,12-13,20-22,24-25H,5-7,10-11,14-19H2,1-4H3,(H2,39,40,41,42). The monoisotopic (exact) mass is 764 g/mol. The summed E-state index contributed by atoms with van der Waals surface area (Å²) in [4.78, 5) is 25.9. The minimum absolute atomic E-state index is 0.129. The van der Waals surface area contributed by atoms with Crippen LogP contribution < -0.4 is 24.6 Å². The number of sulfonamides is 1. The Bertz CT molecular complexity index is 1960. The van der Waals surface area contributed by atoms with E-state index in [1.165, 1.54) is 21.8 Å². The fourth-order valence-corrected chi connectivity index (χ4v) is 8.71. The third-order valence-corrected chi connectivity index (χ3v) is 11.7. The second kappa shape index (κ2) is 14.4. The zero-order valence-electron chi connectivity index (χ0n) is 29.1. The molecule has 266 valence electrons. The molecule has 0 spiro atoms. The van der Waals surface area contributed by atoms with Crippen molar-refractivity contribution < 1.29 is 13.2 Å². The van der Waals surface area contributed by atoms with Crippen molar-refractivity contribution in [3.8, 4) is 5.75 Å². The van der Waals surface area contributed by atoms with E-state index in [1.807, 2.05) is 12.1 Å². The Morgan fingerprint density at radius 2 is 1.70 bits per heavy atom. The van der Waals surface area contributed by atoms with E-state index in [4.69, 9.17) is 9.72 Å². The highest BCUT2D eigenvalue weighted by molar-refractivity contribution is 9.10. The number of nitrogens with one attached hydrogen (secondary N) is 2. The van der Waals surface area contributed by atoms with Crippen LogP contribution in [0.3, 0.4) is 0 Å². The number of piperazine rings is 1. The Balaban J connectivity index is 1.14. The molecule has 0 atom stereocenters. The summed E-state index contributed by atoms with van der Waals surface area (Å²) in [7, 11) is 0.283. The van der Waals surface area contributed by atoms with Gasteiger partial charge in [-0.05, 0) is 78.8 Å². The minimum Gasteiger partial charge on any atom is -0.494 e. The quantitative estimate of drug-likeness (QED) is 0.203. The molecule has 1 saturated carbocycles. The minimum atomic E-state index is -3.61. The van der Waals surface area contributed by atoms with Gasteiger partial charge in [-0.1, -0.05) is 6.92 Å². The second-order valence-electron chi connectivity index (χ2n) is 13.4. The highest BCUT2D eigenvalue weighted by Gasteiger charge is 2.38. The second-order valence-corrected chi connectivity index (χ2v) is 16.1. The SMILES string of the molecule is CCc1cc(Nc2ncc(Br)c(Nc3ccc4nccnc4c3N(C3CC3)S(C)(=O)=O)n2)c(OC)cc1N1CCC(N2CCN(C)CC2)CC1. The number of hydrogen-bond acceptors (Lipinski definition) is 12. The lowest BCUT2D eigenvalue weighted by molar-refractivity contribution is 0.0982. The maximum absolute atomic E-state index is 13.1. The van der Waals surface area contributed by atoms with Crippen molar-refractivity contribution in [1.29, 1.82) is 0 Å². The lowest BCUT2D eigenvalue weighted by atomic mass is 9.99. The predicted molar refractivity (Wildman–Crippen MR) is 203 cm³/mol. The fraction of sp³-hybridized carbons (Fsp3) is 0.486. The summed E-state index contributed by atoms with van der Waals surface area (Å²) in [6.45, 7) is 8.82. The number of methoxy groups -OCH3 is 1. The average Bonchev–Trinajstić information content (AvgIpc) is 3.95. The van der Waals surface area contributed by atoms with Gasteiger partial charge >= 0.3 is 0 Å². The van der Waals surface area contributed by atoms with Crippen molar-refractivity contribution >= 4 is 71.5 Å². The first-order valence-electron chi connectivity index (χ1n) is 17.3. The van der Waals surface area contributed by atoms with Gasteiger partial charge < -0.3 is 25.2 Å². The van der Waals surface area contributed by atoms with E-state index in [0.717, 1.165) is 77.1 Å². The average molecular weight is 766 g/mol. The Labute approximate surface area is 302 Å². The molecule has 2 aromatic carbocycles. The van der Waals surface area contributed by atoms with E-state index in [1.54, 1.807) is 25.7 Å². The van der Waals surface area contributed by atoms with Crippen LogP contribution in [0.2, 0.25) is 0 Å². The van der Waals surface area contributed by atoms with Crippen molar-refractivity contribution in [2.75, 3.05) is 79.5 Å². The molecule has 2 N–H and O–H groups in total. The molecule has 0 bridgehead atoms. The van der Waals surface area contributed by atoms with Gasteiger partial charge in [-0.15, -0.1) is 0 Å². The van der Waals surface area contributed by atoms with E-state index in [-0.39, 0.29) is 6.04 Å². The number of likely N-dealkylation sites (N-methyl/N-ethyl adjacent to an activating group) is 1. The number of anilines is 6. The van der Waals surface area contributed by atoms with Gasteiger partial charge in [-0.25, -0.2) is 13.4 Å². The number of benzene rings is 2. The molecule has 0 amide bonds. The number of nitrogens with zero attached hydrogens (tertiary/aromatic N) is 8. The van der Waals surface area contributed by atoms with Gasteiger partial charge in [0.15, 0.2) is 0 Å². The molecule has 0 radical (unpaired) electrons. The van der Waals surface area contributed by atoms with Crippen molar-refractivity contribution in [1.82, 2.24) is 29.7 Å². The number of rotatable bonds is 11. The number of piperidine rings is 1. The van der Waals surface area contributed by atoms with Gasteiger partial charge in [0.05, 0.1) is 34.7 Å². The van der Waals surface area contributed by atoms with Crippen molar-refractivity contribution in [2.45, 2.75) is 51.1 Å². The van der Waals surface area contributed by atoms with Gasteiger partial charge in [0.1, 0.15) is 22.8 Å². The highest BCUT2D eigenvalue weighted by Crippen LogP contribution is 2.43. The van der Waals surface area contributed by atoms with Crippen LogP contribution >= 0.6 is 15.9 Å². The molecule has 13 nitrogen and oxygen atoms in total. The number of aryl methyl sites for hydroxylation is 1. The van der Waals surface area contributed by atoms with Gasteiger partial charge in [-0.2, -0.15) is 4.98 Å².